The van der Waals surface area contributed by atoms with Crippen LogP contribution in [0.2, 0.25) is 0 Å². The monoisotopic (exact) mass is 299 g/mol. The third-order valence-corrected chi connectivity index (χ3v) is 2.72. The van der Waals surface area contributed by atoms with Gasteiger partial charge in [-0.2, -0.15) is 0 Å². The number of amides is 1. The number of aliphatic hydroxyl groups is 2. The molecule has 0 radical (unpaired) electrons. The van der Waals surface area contributed by atoms with E-state index >= 15 is 0 Å². The Morgan fingerprint density at radius 1 is 1.33 bits per heavy atom. The van der Waals surface area contributed by atoms with Gasteiger partial charge in [-0.1, -0.05) is 30.3 Å². The van der Waals surface area contributed by atoms with Crippen LogP contribution < -0.4 is 5.32 Å². The van der Waals surface area contributed by atoms with Crippen molar-refractivity contribution in [2.75, 3.05) is 6.61 Å². The molecule has 0 bridgehead atoms. The Labute approximate surface area is 123 Å². The molecule has 0 aliphatic carbocycles. The van der Waals surface area contributed by atoms with Gasteiger partial charge in [0.2, 0.25) is 0 Å². The highest BCUT2D eigenvalue weighted by molar-refractivity contribution is 5.68. The van der Waals surface area contributed by atoms with Crippen molar-refractivity contribution < 1.29 is 24.1 Å². The predicted octanol–water partition coefficient (Wildman–Crippen LogP) is 1.94. The molecule has 1 rings (SSSR count). The summed E-state index contributed by atoms with van der Waals surface area (Å²) in [5.41, 5.74) is -0.441. The first kappa shape index (κ1) is 17.4. The number of benzene rings is 1. The van der Waals surface area contributed by atoms with Crippen molar-refractivity contribution in [2.24, 2.45) is 0 Å². The molecule has 0 aliphatic rings. The van der Waals surface area contributed by atoms with Gasteiger partial charge in [-0.3, -0.25) is 0 Å². The summed E-state index contributed by atoms with van der Waals surface area (Å²) in [6, 6.07) is 6.81. The van der Waals surface area contributed by atoms with Crippen molar-refractivity contribution in [3.63, 3.8) is 0 Å². The number of halogens is 1. The lowest BCUT2D eigenvalue weighted by atomic mass is 9.99. The molecule has 3 N–H and O–H groups in total. The average Bonchev–Trinajstić information content (AvgIpc) is 2.42. The normalized spacial score (nSPS) is 15.9. The zero-order valence-corrected chi connectivity index (χ0v) is 12.4. The first-order valence-electron chi connectivity index (χ1n) is 6.72. The fraction of sp³-hybridized carbons (Fsp3) is 0.533. The van der Waals surface area contributed by atoms with E-state index in [4.69, 9.17) is 9.84 Å². The molecule has 0 fully saturated rings. The van der Waals surface area contributed by atoms with Gasteiger partial charge in [-0.05, 0) is 26.3 Å². The van der Waals surface area contributed by atoms with Gasteiger partial charge in [0, 0.05) is 0 Å². The summed E-state index contributed by atoms with van der Waals surface area (Å²) >= 11 is 0. The van der Waals surface area contributed by atoms with Gasteiger partial charge in [0.15, 0.2) is 0 Å². The number of rotatable bonds is 5. The van der Waals surface area contributed by atoms with Crippen molar-refractivity contribution in [3.05, 3.63) is 35.9 Å². The maximum absolute atomic E-state index is 14.5. The second-order valence-electron chi connectivity index (χ2n) is 5.73. The Morgan fingerprint density at radius 2 is 1.90 bits per heavy atom. The van der Waals surface area contributed by atoms with E-state index in [1.807, 2.05) is 0 Å². The van der Waals surface area contributed by atoms with E-state index in [1.165, 1.54) is 0 Å². The molecule has 0 saturated carbocycles. The van der Waals surface area contributed by atoms with Crippen LogP contribution in [0.4, 0.5) is 9.18 Å². The lowest BCUT2D eigenvalue weighted by molar-refractivity contribution is 0.0145. The fourth-order valence-electron chi connectivity index (χ4n) is 1.77. The molecule has 3 unspecified atom stereocenters. The number of alkyl carbamates (subject to hydrolysis) is 1. The van der Waals surface area contributed by atoms with Crippen molar-refractivity contribution in [2.45, 2.75) is 44.7 Å². The first-order valence-corrected chi connectivity index (χ1v) is 6.72. The molecule has 0 saturated heterocycles. The van der Waals surface area contributed by atoms with E-state index in [2.05, 4.69) is 5.32 Å². The standard InChI is InChI=1S/C15H22FNO4/c1-15(2,3)21-14(20)17-13(11(19)9-18)12(16)10-7-5-4-6-8-10/h4-8,11-13,18-19H,9H2,1-3H3,(H,17,20). The summed E-state index contributed by atoms with van der Waals surface area (Å²) in [6.07, 6.45) is -3.95. The van der Waals surface area contributed by atoms with E-state index in [9.17, 15) is 14.3 Å². The van der Waals surface area contributed by atoms with Gasteiger partial charge in [-0.15, -0.1) is 0 Å². The Balaban J connectivity index is 2.84. The molecule has 0 aliphatic heterocycles. The first-order chi connectivity index (χ1) is 9.74. The Morgan fingerprint density at radius 3 is 2.38 bits per heavy atom. The summed E-state index contributed by atoms with van der Waals surface area (Å²) in [5.74, 6) is 0. The molecule has 3 atom stereocenters. The third kappa shape index (κ3) is 5.69. The van der Waals surface area contributed by atoms with E-state index in [-0.39, 0.29) is 0 Å². The summed E-state index contributed by atoms with van der Waals surface area (Å²) in [6.45, 7) is 4.35. The zero-order valence-electron chi connectivity index (χ0n) is 12.4. The van der Waals surface area contributed by atoms with Crippen molar-refractivity contribution in [1.29, 1.82) is 0 Å². The number of hydrogen-bond acceptors (Lipinski definition) is 4. The van der Waals surface area contributed by atoms with Crippen LogP contribution in [0.1, 0.15) is 32.5 Å². The van der Waals surface area contributed by atoms with Gasteiger partial charge < -0.3 is 20.3 Å². The number of aliphatic hydroxyl groups excluding tert-OH is 2. The summed E-state index contributed by atoms with van der Waals surface area (Å²) in [7, 11) is 0. The van der Waals surface area contributed by atoms with Crippen molar-refractivity contribution in [1.82, 2.24) is 5.32 Å². The molecule has 1 aromatic rings. The van der Waals surface area contributed by atoms with Crippen molar-refractivity contribution in [3.8, 4) is 0 Å². The van der Waals surface area contributed by atoms with E-state index in [0.717, 1.165) is 0 Å². The van der Waals surface area contributed by atoms with Gasteiger partial charge in [0.05, 0.1) is 12.6 Å². The van der Waals surface area contributed by atoms with Crippen molar-refractivity contribution >= 4 is 6.09 Å². The van der Waals surface area contributed by atoms with Crippen LogP contribution in [-0.2, 0) is 4.74 Å². The highest BCUT2D eigenvalue weighted by Crippen LogP contribution is 2.23. The molecular weight excluding hydrogens is 277 g/mol. The second kappa shape index (κ2) is 7.38. The zero-order chi connectivity index (χ0) is 16.0. The molecule has 0 spiro atoms. The number of carbonyl (C=O) groups excluding carboxylic acids is 1. The Hall–Kier alpha value is -1.66. The number of ether oxygens (including phenoxy) is 1. The SMILES string of the molecule is CC(C)(C)OC(=O)NC(C(O)CO)C(F)c1ccccc1. The summed E-state index contributed by atoms with van der Waals surface area (Å²) in [4.78, 5) is 11.7. The highest BCUT2D eigenvalue weighted by Gasteiger charge is 2.32. The quantitative estimate of drug-likeness (QED) is 0.776. The maximum atomic E-state index is 14.5. The van der Waals surface area contributed by atoms with Crippen LogP contribution in [0.25, 0.3) is 0 Å². The molecule has 1 aromatic carbocycles. The smallest absolute Gasteiger partial charge is 0.408 e. The Kier molecular flexibility index (Phi) is 6.11. The van der Waals surface area contributed by atoms with Crippen LogP contribution in [0, 0.1) is 0 Å². The average molecular weight is 299 g/mol. The summed E-state index contributed by atoms with van der Waals surface area (Å²) in [5, 5.41) is 21.1. The van der Waals surface area contributed by atoms with Gasteiger partial charge in [0.1, 0.15) is 17.9 Å². The van der Waals surface area contributed by atoms with E-state index in [1.54, 1.807) is 51.1 Å². The van der Waals surface area contributed by atoms with Gasteiger partial charge in [0.25, 0.3) is 0 Å². The van der Waals surface area contributed by atoms with E-state index in [0.29, 0.717) is 5.56 Å². The topological polar surface area (TPSA) is 78.8 Å². The molecule has 5 nitrogen and oxygen atoms in total. The number of nitrogens with one attached hydrogen (secondary N) is 1. The number of alkyl halides is 1. The summed E-state index contributed by atoms with van der Waals surface area (Å²) < 4.78 is 19.5. The number of carbonyl (C=O) groups is 1. The van der Waals surface area contributed by atoms with Gasteiger partial charge >= 0.3 is 6.09 Å². The predicted molar refractivity (Wildman–Crippen MR) is 76.5 cm³/mol. The molecule has 21 heavy (non-hydrogen) atoms. The molecule has 1 amide bonds. The third-order valence-electron chi connectivity index (χ3n) is 2.72. The molecule has 118 valence electrons. The lowest BCUT2D eigenvalue weighted by Crippen LogP contribution is -2.49. The van der Waals surface area contributed by atoms with Crippen LogP contribution in [0.5, 0.6) is 0 Å². The molecule has 0 aromatic heterocycles. The number of hydrogen-bond donors (Lipinski definition) is 3. The molecule has 0 heterocycles. The minimum absolute atomic E-state index is 0.297. The van der Waals surface area contributed by atoms with Crippen LogP contribution in [0.15, 0.2) is 30.3 Å². The van der Waals surface area contributed by atoms with Crippen LogP contribution in [0.3, 0.4) is 0 Å². The minimum Gasteiger partial charge on any atom is -0.444 e. The lowest BCUT2D eigenvalue weighted by Gasteiger charge is -2.28. The largest absolute Gasteiger partial charge is 0.444 e. The maximum Gasteiger partial charge on any atom is 0.408 e. The highest BCUT2D eigenvalue weighted by atomic mass is 19.1. The Bertz CT molecular complexity index is 447. The van der Waals surface area contributed by atoms with Gasteiger partial charge in [-0.25, -0.2) is 9.18 Å². The van der Waals surface area contributed by atoms with E-state index < -0.39 is 36.6 Å². The molecule has 6 heteroatoms. The van der Waals surface area contributed by atoms with Crippen LogP contribution >= 0.6 is 0 Å². The molecular formula is C15H22FNO4. The minimum atomic E-state index is -1.67. The second-order valence-corrected chi connectivity index (χ2v) is 5.73. The fourth-order valence-corrected chi connectivity index (χ4v) is 1.77. The van der Waals surface area contributed by atoms with Crippen LogP contribution in [-0.4, -0.2) is 40.7 Å².